The van der Waals surface area contributed by atoms with E-state index in [0.29, 0.717) is 13.0 Å². The van der Waals surface area contributed by atoms with Gasteiger partial charge in [-0.25, -0.2) is 0 Å². The number of hydrogen-bond acceptors (Lipinski definition) is 3. The van der Waals surface area contributed by atoms with E-state index in [0.717, 1.165) is 68.1 Å². The largest absolute Gasteiger partial charge is 0.462 e. The van der Waals surface area contributed by atoms with Crippen molar-refractivity contribution in [1.29, 1.82) is 0 Å². The number of carbonyl (C=O) groups is 2. The van der Waals surface area contributed by atoms with Crippen LogP contribution in [0.1, 0.15) is 75.1 Å². The highest BCUT2D eigenvalue weighted by Crippen LogP contribution is 2.51. The van der Waals surface area contributed by atoms with Crippen molar-refractivity contribution in [2.24, 2.45) is 0 Å². The van der Waals surface area contributed by atoms with E-state index >= 15 is 0 Å². The van der Waals surface area contributed by atoms with E-state index < -0.39 is 47.7 Å². The number of benzene rings is 1. The number of anilines is 1. The van der Waals surface area contributed by atoms with E-state index in [1.807, 2.05) is 0 Å². The highest BCUT2D eigenvalue weighted by molar-refractivity contribution is 5.98. The maximum Gasteiger partial charge on any atom is 0.462 e. The quantitative estimate of drug-likeness (QED) is 0.149. The third-order valence-corrected chi connectivity index (χ3v) is 5.62. The minimum Gasteiger partial charge on any atom is -0.352 e. The molecule has 0 heterocycles. The van der Waals surface area contributed by atoms with Gasteiger partial charge in [0.1, 0.15) is 0 Å². The van der Waals surface area contributed by atoms with Crippen molar-refractivity contribution < 1.29 is 62.6 Å². The molecule has 0 aliphatic heterocycles. The summed E-state index contributed by atoms with van der Waals surface area (Å²) in [6.07, 6.45) is -11.7. The molecule has 0 aromatic heterocycles. The Morgan fingerprint density at radius 2 is 1.18 bits per heavy atom. The van der Waals surface area contributed by atoms with Crippen molar-refractivity contribution in [3.63, 3.8) is 0 Å². The molecule has 0 bridgehead atoms. The number of amides is 2. The molecule has 16 heteroatoms. The fourth-order valence-electron chi connectivity index (χ4n) is 3.29. The molecule has 5 nitrogen and oxygen atoms in total. The second-order valence-corrected chi connectivity index (χ2v) is 8.90. The molecule has 0 fully saturated rings. The van der Waals surface area contributed by atoms with E-state index in [1.165, 1.54) is 12.8 Å². The molecule has 2 amide bonds. The highest BCUT2D eigenvalue weighted by Gasteiger charge is 2.79. The topological polar surface area (TPSA) is 67.4 Å². The van der Waals surface area contributed by atoms with Gasteiger partial charge in [0, 0.05) is 17.8 Å². The first-order chi connectivity index (χ1) is 18.3. The molecule has 0 spiro atoms. The second-order valence-electron chi connectivity index (χ2n) is 8.90. The Morgan fingerprint density at radius 1 is 0.700 bits per heavy atom. The van der Waals surface area contributed by atoms with Gasteiger partial charge in [0.15, 0.2) is 0 Å². The van der Waals surface area contributed by atoms with Crippen molar-refractivity contribution in [3.8, 4) is 0 Å². The minimum atomic E-state index is -7.29. The highest BCUT2D eigenvalue weighted by atomic mass is 19.4. The number of halogens is 11. The maximum absolute atomic E-state index is 14.3. The van der Waals surface area contributed by atoms with Gasteiger partial charge in [-0.1, -0.05) is 58.3 Å². The SMILES string of the molecule is CCCCCCCCCCCNC(=O)c1ccc(NC(=O)[C@](F)(OC(F)(F)C(F)(F)C(F)(F)F)C(F)(F)F)cc1. The maximum atomic E-state index is 14.3. The smallest absolute Gasteiger partial charge is 0.352 e. The average Bonchev–Trinajstić information content (AvgIpc) is 2.83. The predicted octanol–water partition coefficient (Wildman–Crippen LogP) is 7.92. The van der Waals surface area contributed by atoms with E-state index in [9.17, 15) is 57.9 Å². The molecule has 0 radical (unpaired) electrons. The van der Waals surface area contributed by atoms with Crippen LogP contribution in [0.3, 0.4) is 0 Å². The van der Waals surface area contributed by atoms with Crippen molar-refractivity contribution in [2.45, 2.75) is 94.9 Å². The standard InChI is InChI=1S/C24H29F11N2O3/c1-2-3-4-5-6-7-8-9-10-15-36-18(38)16-11-13-17(14-12-16)37-19(39)20(25,22(28,29)30)40-24(34,35)21(26,27)23(31,32)33/h11-14H,2-10,15H2,1H3,(H,36,38)(H,37,39)/t20-/m0/s1. The number of carbonyl (C=O) groups excluding carboxylic acids is 2. The second kappa shape index (κ2) is 14.3. The summed E-state index contributed by atoms with van der Waals surface area (Å²) >= 11 is 0. The van der Waals surface area contributed by atoms with Crippen LogP contribution in [0.4, 0.5) is 54.0 Å². The molecule has 0 unspecified atom stereocenters. The third kappa shape index (κ3) is 9.47. The van der Waals surface area contributed by atoms with Gasteiger partial charge < -0.3 is 10.6 Å². The van der Waals surface area contributed by atoms with Gasteiger partial charge in [-0.15, -0.1) is 0 Å². The van der Waals surface area contributed by atoms with E-state index in [4.69, 9.17) is 0 Å². The molecular formula is C24H29F11N2O3. The molecule has 0 saturated carbocycles. The summed E-state index contributed by atoms with van der Waals surface area (Å²) in [7, 11) is 0. The van der Waals surface area contributed by atoms with Crippen LogP contribution in [0, 0.1) is 0 Å². The number of unbranched alkanes of at least 4 members (excludes halogenated alkanes) is 8. The molecule has 2 N–H and O–H groups in total. The first-order valence-corrected chi connectivity index (χ1v) is 12.3. The molecule has 1 aromatic rings. The first-order valence-electron chi connectivity index (χ1n) is 12.3. The fraction of sp³-hybridized carbons (Fsp3) is 0.667. The lowest BCUT2D eigenvalue weighted by atomic mass is 10.1. The molecule has 1 atom stereocenters. The molecule has 0 saturated heterocycles. The summed E-state index contributed by atoms with van der Waals surface area (Å²) in [5, 5.41) is 3.68. The summed E-state index contributed by atoms with van der Waals surface area (Å²) in [5.41, 5.74) is -0.815. The average molecular weight is 602 g/mol. The van der Waals surface area contributed by atoms with Gasteiger partial charge in [-0.2, -0.15) is 48.3 Å². The van der Waals surface area contributed by atoms with Crippen LogP contribution in [0.15, 0.2) is 24.3 Å². The molecule has 230 valence electrons. The summed E-state index contributed by atoms with van der Waals surface area (Å²) in [6.45, 7) is 2.43. The van der Waals surface area contributed by atoms with E-state index in [2.05, 4.69) is 17.0 Å². The van der Waals surface area contributed by atoms with Gasteiger partial charge in [-0.05, 0) is 30.7 Å². The zero-order valence-electron chi connectivity index (χ0n) is 21.3. The molecular weight excluding hydrogens is 573 g/mol. The van der Waals surface area contributed by atoms with Crippen molar-refractivity contribution in [3.05, 3.63) is 29.8 Å². The van der Waals surface area contributed by atoms with Crippen LogP contribution in [-0.4, -0.2) is 48.6 Å². The molecule has 0 aliphatic carbocycles. The molecule has 1 aromatic carbocycles. The first kappa shape index (κ1) is 35.4. The normalized spacial score (nSPS) is 14.5. The van der Waals surface area contributed by atoms with Gasteiger partial charge in [0.25, 0.3) is 11.8 Å². The summed E-state index contributed by atoms with van der Waals surface area (Å²) in [5.74, 6) is -17.4. The Labute approximate surface area is 222 Å². The van der Waals surface area contributed by atoms with E-state index in [-0.39, 0.29) is 5.56 Å². The van der Waals surface area contributed by atoms with Gasteiger partial charge in [-0.3, -0.25) is 14.3 Å². The Kier molecular flexibility index (Phi) is 12.7. The number of rotatable bonds is 16. The van der Waals surface area contributed by atoms with Gasteiger partial charge >= 0.3 is 30.2 Å². The van der Waals surface area contributed by atoms with E-state index in [1.54, 1.807) is 0 Å². The van der Waals surface area contributed by atoms with Crippen molar-refractivity contribution in [1.82, 2.24) is 5.32 Å². The van der Waals surface area contributed by atoms with Crippen LogP contribution in [0.5, 0.6) is 0 Å². The van der Waals surface area contributed by atoms with Crippen molar-refractivity contribution >= 4 is 17.5 Å². The van der Waals surface area contributed by atoms with Crippen LogP contribution < -0.4 is 10.6 Å². The predicted molar refractivity (Wildman–Crippen MR) is 122 cm³/mol. The number of hydrogen-bond donors (Lipinski definition) is 2. The lowest BCUT2D eigenvalue weighted by Gasteiger charge is -2.34. The van der Waals surface area contributed by atoms with Crippen LogP contribution in [0.2, 0.25) is 0 Å². The monoisotopic (exact) mass is 602 g/mol. The van der Waals surface area contributed by atoms with Gasteiger partial charge in [0.05, 0.1) is 0 Å². The Hall–Kier alpha value is -2.65. The van der Waals surface area contributed by atoms with Gasteiger partial charge in [0.2, 0.25) is 0 Å². The number of ether oxygens (including phenoxy) is 1. The van der Waals surface area contributed by atoms with Crippen LogP contribution in [-0.2, 0) is 9.53 Å². The van der Waals surface area contributed by atoms with Crippen LogP contribution >= 0.6 is 0 Å². The molecule has 0 aliphatic rings. The lowest BCUT2D eigenvalue weighted by Crippen LogP contribution is -2.62. The minimum absolute atomic E-state index is 0.0659. The Morgan fingerprint density at radius 3 is 1.62 bits per heavy atom. The zero-order valence-corrected chi connectivity index (χ0v) is 21.3. The molecule has 1 rings (SSSR count). The van der Waals surface area contributed by atoms with Crippen LogP contribution in [0.25, 0.3) is 0 Å². The Bertz CT molecular complexity index is 951. The molecule has 40 heavy (non-hydrogen) atoms. The Balaban J connectivity index is 2.74. The summed E-state index contributed by atoms with van der Waals surface area (Å²) < 4.78 is 145. The summed E-state index contributed by atoms with van der Waals surface area (Å²) in [6, 6.07) is 3.37. The number of nitrogens with one attached hydrogen (secondary N) is 2. The summed E-state index contributed by atoms with van der Waals surface area (Å²) in [4.78, 5) is 24.0. The number of alkyl halides is 11. The lowest BCUT2D eigenvalue weighted by molar-refractivity contribution is -0.472. The zero-order chi connectivity index (χ0) is 30.8. The fourth-order valence-corrected chi connectivity index (χ4v) is 3.29. The van der Waals surface area contributed by atoms with Crippen molar-refractivity contribution in [2.75, 3.05) is 11.9 Å². The third-order valence-electron chi connectivity index (χ3n) is 5.62.